The quantitative estimate of drug-likeness (QED) is 0.550. The summed E-state index contributed by atoms with van der Waals surface area (Å²) in [5, 5.41) is 0. The summed E-state index contributed by atoms with van der Waals surface area (Å²) in [5.41, 5.74) is -2.91. The largest absolute Gasteiger partial charge is 0.301 e. The Hall–Kier alpha value is 0.710. The van der Waals surface area contributed by atoms with Crippen LogP contribution in [0.4, 0.5) is 4.39 Å². The van der Waals surface area contributed by atoms with Crippen LogP contribution in [0.2, 0.25) is 0 Å². The summed E-state index contributed by atoms with van der Waals surface area (Å²) >= 11 is 14.4. The summed E-state index contributed by atoms with van der Waals surface area (Å²) in [4.78, 5) is 0. The van der Waals surface area contributed by atoms with Crippen molar-refractivity contribution >= 4 is 44.9 Å². The second kappa shape index (κ2) is 2.98. The van der Waals surface area contributed by atoms with Crippen molar-refractivity contribution in [1.82, 2.24) is 0 Å². The molecule has 0 saturated carbocycles. The highest BCUT2D eigenvalue weighted by Gasteiger charge is 2.42. The SMILES string of the molecule is O=S(=O)(O)C(F)C(Cl)(Cl)Cl. The molecule has 62 valence electrons. The molecule has 0 aromatic heterocycles. The lowest BCUT2D eigenvalue weighted by atomic mass is 10.9. The van der Waals surface area contributed by atoms with Gasteiger partial charge in [0.05, 0.1) is 0 Å². The van der Waals surface area contributed by atoms with E-state index < -0.39 is 19.4 Å². The highest BCUT2D eigenvalue weighted by molar-refractivity contribution is 7.86. The molecule has 0 aliphatic rings. The molecule has 0 fully saturated rings. The number of alkyl halides is 4. The Labute approximate surface area is 71.8 Å². The molecule has 0 bridgehead atoms. The van der Waals surface area contributed by atoms with Gasteiger partial charge in [0, 0.05) is 0 Å². The molecule has 0 amide bonds. The first-order chi connectivity index (χ1) is 4.15. The zero-order valence-electron chi connectivity index (χ0n) is 4.26. The smallest absolute Gasteiger partial charge is 0.283 e. The van der Waals surface area contributed by atoms with Gasteiger partial charge in [-0.3, -0.25) is 4.55 Å². The minimum absolute atomic E-state index is 2.65. The van der Waals surface area contributed by atoms with Crippen LogP contribution in [-0.2, 0) is 10.1 Å². The molecule has 0 heterocycles. The van der Waals surface area contributed by atoms with Crippen molar-refractivity contribution < 1.29 is 17.4 Å². The minimum atomic E-state index is -4.92. The molecule has 0 rings (SSSR count). The summed E-state index contributed by atoms with van der Waals surface area (Å²) in [7, 11) is -4.92. The van der Waals surface area contributed by atoms with Crippen LogP contribution in [0.1, 0.15) is 0 Å². The van der Waals surface area contributed by atoms with E-state index in [1.165, 1.54) is 0 Å². The van der Waals surface area contributed by atoms with Gasteiger partial charge in [0.2, 0.25) is 3.79 Å². The van der Waals surface area contributed by atoms with E-state index in [4.69, 9.17) is 39.4 Å². The molecule has 0 saturated heterocycles. The molecule has 0 aromatic carbocycles. The van der Waals surface area contributed by atoms with Gasteiger partial charge in [-0.15, -0.1) is 0 Å². The Bertz CT molecular complexity index is 206. The standard InChI is InChI=1S/C2H2Cl3FO3S/c3-2(4,5)1(6)10(7,8)9/h1H,(H,7,8,9). The van der Waals surface area contributed by atoms with E-state index in [0.29, 0.717) is 0 Å². The molecule has 10 heavy (non-hydrogen) atoms. The van der Waals surface area contributed by atoms with Gasteiger partial charge in [-0.25, -0.2) is 4.39 Å². The molecule has 1 N–H and O–H groups in total. The van der Waals surface area contributed by atoms with Gasteiger partial charge < -0.3 is 0 Å². The molecule has 0 aliphatic carbocycles. The number of hydrogen-bond donors (Lipinski definition) is 1. The number of halogens is 4. The predicted molar refractivity (Wildman–Crippen MR) is 36.7 cm³/mol. The summed E-state index contributed by atoms with van der Waals surface area (Å²) in [6.45, 7) is 0. The van der Waals surface area contributed by atoms with Gasteiger partial charge in [-0.2, -0.15) is 8.42 Å². The van der Waals surface area contributed by atoms with Crippen LogP contribution in [0, 0.1) is 0 Å². The van der Waals surface area contributed by atoms with Crippen molar-refractivity contribution in [1.29, 1.82) is 0 Å². The zero-order valence-corrected chi connectivity index (χ0v) is 7.35. The average molecular weight is 231 g/mol. The second-order valence-electron chi connectivity index (χ2n) is 1.37. The third-order valence-electron chi connectivity index (χ3n) is 0.519. The third kappa shape index (κ3) is 3.21. The molecule has 3 nitrogen and oxygen atoms in total. The molecule has 8 heteroatoms. The van der Waals surface area contributed by atoms with E-state index in [-0.39, 0.29) is 0 Å². The van der Waals surface area contributed by atoms with Crippen molar-refractivity contribution in [3.8, 4) is 0 Å². The summed E-state index contributed by atoms with van der Waals surface area (Å²) in [6.07, 6.45) is 0. The maximum absolute atomic E-state index is 12.2. The lowest BCUT2D eigenvalue weighted by Gasteiger charge is -2.12. The lowest BCUT2D eigenvalue weighted by Crippen LogP contribution is -2.29. The summed E-state index contributed by atoms with van der Waals surface area (Å²) in [6, 6.07) is 0. The summed E-state index contributed by atoms with van der Waals surface area (Å²) < 4.78 is 37.3. The summed E-state index contributed by atoms with van der Waals surface area (Å²) in [5.74, 6) is 0. The average Bonchev–Trinajstić information content (AvgIpc) is 1.59. The minimum Gasteiger partial charge on any atom is -0.283 e. The fraction of sp³-hybridized carbons (Fsp3) is 1.00. The molecular formula is C2H2Cl3FO3S. The number of rotatable bonds is 1. The van der Waals surface area contributed by atoms with E-state index in [1.54, 1.807) is 0 Å². The number of hydrogen-bond acceptors (Lipinski definition) is 2. The lowest BCUT2D eigenvalue weighted by molar-refractivity contribution is 0.376. The maximum atomic E-state index is 12.2. The Morgan fingerprint density at radius 3 is 1.70 bits per heavy atom. The van der Waals surface area contributed by atoms with Gasteiger partial charge in [0.1, 0.15) is 0 Å². The van der Waals surface area contributed by atoms with E-state index in [2.05, 4.69) is 0 Å². The fourth-order valence-corrected chi connectivity index (χ4v) is 1.52. The van der Waals surface area contributed by atoms with E-state index in [9.17, 15) is 12.8 Å². The van der Waals surface area contributed by atoms with Crippen LogP contribution in [0.3, 0.4) is 0 Å². The van der Waals surface area contributed by atoms with Crippen LogP contribution in [0.25, 0.3) is 0 Å². The highest BCUT2D eigenvalue weighted by atomic mass is 35.6. The first kappa shape index (κ1) is 10.7. The van der Waals surface area contributed by atoms with Crippen LogP contribution in [0.5, 0.6) is 0 Å². The first-order valence-electron chi connectivity index (χ1n) is 1.83. The van der Waals surface area contributed by atoms with Gasteiger partial charge in [-0.05, 0) is 0 Å². The van der Waals surface area contributed by atoms with Gasteiger partial charge in [0.15, 0.2) is 0 Å². The van der Waals surface area contributed by atoms with Crippen molar-refractivity contribution in [2.75, 3.05) is 0 Å². The monoisotopic (exact) mass is 230 g/mol. The van der Waals surface area contributed by atoms with Crippen LogP contribution >= 0.6 is 34.8 Å². The molecule has 1 atom stereocenters. The molecule has 0 radical (unpaired) electrons. The van der Waals surface area contributed by atoms with E-state index in [1.807, 2.05) is 0 Å². The van der Waals surface area contributed by atoms with Crippen molar-refractivity contribution in [2.45, 2.75) is 9.30 Å². The molecule has 0 aromatic rings. The molecule has 0 spiro atoms. The fourth-order valence-electron chi connectivity index (χ4n) is 0.169. The molecular weight excluding hydrogens is 229 g/mol. The van der Waals surface area contributed by atoms with E-state index in [0.717, 1.165) is 0 Å². The Morgan fingerprint density at radius 2 is 1.70 bits per heavy atom. The predicted octanol–water partition coefficient (Wildman–Crippen LogP) is 1.54. The van der Waals surface area contributed by atoms with Crippen LogP contribution < -0.4 is 0 Å². The van der Waals surface area contributed by atoms with Crippen LogP contribution in [-0.4, -0.2) is 22.3 Å². The highest BCUT2D eigenvalue weighted by Crippen LogP contribution is 2.34. The topological polar surface area (TPSA) is 54.4 Å². The van der Waals surface area contributed by atoms with E-state index >= 15 is 0 Å². The third-order valence-corrected chi connectivity index (χ3v) is 2.36. The van der Waals surface area contributed by atoms with Crippen LogP contribution in [0.15, 0.2) is 0 Å². The van der Waals surface area contributed by atoms with Crippen molar-refractivity contribution in [3.05, 3.63) is 0 Å². The second-order valence-corrected chi connectivity index (χ2v) is 5.19. The Balaban J connectivity index is 4.56. The molecule has 1 unspecified atom stereocenters. The normalized spacial score (nSPS) is 16.9. The first-order valence-corrected chi connectivity index (χ1v) is 4.46. The Morgan fingerprint density at radius 1 is 1.40 bits per heavy atom. The van der Waals surface area contributed by atoms with Gasteiger partial charge >= 0.3 is 10.1 Å². The zero-order chi connectivity index (χ0) is 8.58. The maximum Gasteiger partial charge on any atom is 0.301 e. The van der Waals surface area contributed by atoms with Gasteiger partial charge in [0.25, 0.3) is 5.50 Å². The van der Waals surface area contributed by atoms with Crippen molar-refractivity contribution in [3.63, 3.8) is 0 Å². The van der Waals surface area contributed by atoms with Crippen molar-refractivity contribution in [2.24, 2.45) is 0 Å². The van der Waals surface area contributed by atoms with Gasteiger partial charge in [-0.1, -0.05) is 34.8 Å². The molecule has 0 aliphatic heterocycles. The Kier molecular flexibility index (Phi) is 3.20.